The summed E-state index contributed by atoms with van der Waals surface area (Å²) in [5.41, 5.74) is 7.06. The van der Waals surface area contributed by atoms with E-state index in [1.165, 1.54) is 43.0 Å². The van der Waals surface area contributed by atoms with E-state index in [9.17, 15) is 4.79 Å². The van der Waals surface area contributed by atoms with Gasteiger partial charge >= 0.3 is 0 Å². The van der Waals surface area contributed by atoms with E-state index >= 15 is 0 Å². The van der Waals surface area contributed by atoms with Crippen molar-refractivity contribution in [3.8, 4) is 22.3 Å². The number of carbonyl (C=O) groups is 1. The molecule has 4 aromatic carbocycles. The van der Waals surface area contributed by atoms with Crippen molar-refractivity contribution in [1.29, 1.82) is 0 Å². The largest absolute Gasteiger partial charge is 0.289 e. The van der Waals surface area contributed by atoms with Gasteiger partial charge in [-0.2, -0.15) is 0 Å². The first kappa shape index (κ1) is 17.8. The molecule has 1 nitrogen and oxygen atoms in total. The third kappa shape index (κ3) is 2.42. The highest BCUT2D eigenvalue weighted by atomic mass is 28.3. The Bertz CT molecular complexity index is 1350. The van der Waals surface area contributed by atoms with E-state index in [2.05, 4.69) is 85.9 Å². The van der Waals surface area contributed by atoms with E-state index in [1.807, 2.05) is 12.1 Å². The Hall–Kier alpha value is -3.02. The van der Waals surface area contributed by atoms with Crippen LogP contribution < -0.4 is 20.7 Å². The molecule has 6 rings (SSSR count). The number of rotatable bonds is 1. The molecule has 0 amide bonds. The molecule has 0 saturated heterocycles. The predicted molar refractivity (Wildman–Crippen MR) is 129 cm³/mol. The Morgan fingerprint density at radius 2 is 0.933 bits per heavy atom. The van der Waals surface area contributed by atoms with Gasteiger partial charge in [0.2, 0.25) is 0 Å². The van der Waals surface area contributed by atoms with Gasteiger partial charge in [0, 0.05) is 11.1 Å². The maximum atomic E-state index is 13.0. The maximum absolute atomic E-state index is 13.0. The molecule has 0 N–H and O–H groups in total. The number of fused-ring (bicyclic) bond motifs is 5. The van der Waals surface area contributed by atoms with Crippen molar-refractivity contribution >= 4 is 44.1 Å². The molecule has 30 heavy (non-hydrogen) atoms. The van der Waals surface area contributed by atoms with Crippen LogP contribution in [0.3, 0.4) is 0 Å². The second kappa shape index (κ2) is 6.49. The maximum Gasteiger partial charge on any atom is 0.192 e. The van der Waals surface area contributed by atoms with Gasteiger partial charge in [0.15, 0.2) is 5.78 Å². The number of carbonyl (C=O) groups excluding carboxylic acids is 1. The van der Waals surface area contributed by atoms with Crippen LogP contribution in [0, 0.1) is 0 Å². The molecule has 2 aliphatic rings. The first-order chi connectivity index (χ1) is 14.6. The zero-order valence-corrected chi connectivity index (χ0v) is 19.0. The van der Waals surface area contributed by atoms with Crippen LogP contribution in [0.15, 0.2) is 84.9 Å². The second-order valence-electron chi connectivity index (χ2n) is 8.19. The van der Waals surface area contributed by atoms with Crippen LogP contribution in [0.1, 0.15) is 15.9 Å². The van der Waals surface area contributed by atoms with Gasteiger partial charge in [0.05, 0.1) is 0 Å². The number of ketones is 1. The van der Waals surface area contributed by atoms with Crippen molar-refractivity contribution < 1.29 is 4.79 Å². The van der Waals surface area contributed by atoms with Crippen molar-refractivity contribution in [2.75, 3.05) is 0 Å². The van der Waals surface area contributed by atoms with E-state index in [1.54, 1.807) is 0 Å². The molecule has 3 heteroatoms. The lowest BCUT2D eigenvalue weighted by Gasteiger charge is -2.24. The van der Waals surface area contributed by atoms with E-state index in [-0.39, 0.29) is 5.78 Å². The molecule has 2 aliphatic heterocycles. The summed E-state index contributed by atoms with van der Waals surface area (Å²) in [6.07, 6.45) is 0. The van der Waals surface area contributed by atoms with Gasteiger partial charge < -0.3 is 0 Å². The molecule has 142 valence electrons. The zero-order valence-electron chi connectivity index (χ0n) is 17.0. The van der Waals surface area contributed by atoms with Crippen LogP contribution in [0.2, 0.25) is 13.1 Å². The number of hydrogen-bond acceptors (Lipinski definition) is 1. The minimum atomic E-state index is -0.948. The van der Waals surface area contributed by atoms with Gasteiger partial charge in [0.1, 0.15) is 17.6 Å². The molecule has 0 aliphatic carbocycles. The van der Waals surface area contributed by atoms with Gasteiger partial charge in [-0.05, 0) is 43.0 Å². The minimum absolute atomic E-state index is 0.172. The summed E-state index contributed by atoms with van der Waals surface area (Å²) in [6, 6.07) is 30.4. The first-order valence-corrected chi connectivity index (χ1v) is 14.3. The Morgan fingerprint density at radius 3 is 1.60 bits per heavy atom. The van der Waals surface area contributed by atoms with Crippen molar-refractivity contribution in [1.82, 2.24) is 0 Å². The topological polar surface area (TPSA) is 17.1 Å². The summed E-state index contributed by atoms with van der Waals surface area (Å²) in [4.78, 5) is 13.0. The van der Waals surface area contributed by atoms with E-state index < -0.39 is 17.6 Å². The quantitative estimate of drug-likeness (QED) is 0.435. The zero-order chi connectivity index (χ0) is 20.4. The third-order valence-corrected chi connectivity index (χ3v) is 11.6. The normalized spacial score (nSPS) is 14.8. The van der Waals surface area contributed by atoms with Gasteiger partial charge in [-0.3, -0.25) is 4.79 Å². The summed E-state index contributed by atoms with van der Waals surface area (Å²) in [5.74, 6) is 0.172. The van der Waals surface area contributed by atoms with Crippen molar-refractivity contribution in [2.24, 2.45) is 0 Å². The van der Waals surface area contributed by atoms with E-state index in [0.29, 0.717) is 0 Å². The fraction of sp³-hybridized carbons (Fsp3) is 0.0741. The molecule has 0 aromatic heterocycles. The average molecular weight is 417 g/mol. The molecule has 2 radical (unpaired) electrons. The molecule has 4 aromatic rings. The Morgan fingerprint density at radius 1 is 0.500 bits per heavy atom. The Labute approximate surface area is 180 Å². The van der Waals surface area contributed by atoms with Crippen LogP contribution in [0.25, 0.3) is 22.3 Å². The van der Waals surface area contributed by atoms with Crippen molar-refractivity contribution in [3.63, 3.8) is 0 Å². The third-order valence-electron chi connectivity index (χ3n) is 6.62. The molecular weight excluding hydrogens is 396 g/mol. The molecular formula is C27H20OSi2. The SMILES string of the molecule is C[Si]1c2ccccc2C(=O)c2ccc(-c3ccc4c(c3)[Si](C)c3ccccc3-4)cc21. The van der Waals surface area contributed by atoms with Gasteiger partial charge in [0.25, 0.3) is 0 Å². The fourth-order valence-electron chi connectivity index (χ4n) is 4.99. The molecule has 0 fully saturated rings. The lowest BCUT2D eigenvalue weighted by molar-refractivity contribution is 0.104. The number of hydrogen-bond donors (Lipinski definition) is 0. The lowest BCUT2D eigenvalue weighted by atomic mass is 9.97. The highest BCUT2D eigenvalue weighted by Gasteiger charge is 2.30. The monoisotopic (exact) mass is 416 g/mol. The van der Waals surface area contributed by atoms with Gasteiger partial charge in [-0.1, -0.05) is 98.0 Å². The lowest BCUT2D eigenvalue weighted by Crippen LogP contribution is -2.49. The molecule has 0 atom stereocenters. The van der Waals surface area contributed by atoms with E-state index in [0.717, 1.165) is 11.1 Å². The standard InChI is InChI=1S/C27H20OSi2/c1-29-23-9-5-3-7-19(23)20-13-11-17(15-25(20)29)18-12-14-22-26(16-18)30(2)24-10-6-4-8-21(24)27(22)28/h3-16H,1-2H3. The summed E-state index contributed by atoms with van der Waals surface area (Å²) in [6.45, 7) is 4.71. The van der Waals surface area contributed by atoms with Crippen LogP contribution in [-0.4, -0.2) is 23.4 Å². The molecule has 0 spiro atoms. The van der Waals surface area contributed by atoms with Gasteiger partial charge in [-0.15, -0.1) is 0 Å². The summed E-state index contributed by atoms with van der Waals surface area (Å²) in [5, 5.41) is 5.49. The van der Waals surface area contributed by atoms with Crippen molar-refractivity contribution in [3.05, 3.63) is 96.1 Å². The molecule has 0 unspecified atom stereocenters. The predicted octanol–water partition coefficient (Wildman–Crippen LogP) is 3.36. The highest BCUT2D eigenvalue weighted by Crippen LogP contribution is 2.28. The molecule has 0 bridgehead atoms. The van der Waals surface area contributed by atoms with Crippen LogP contribution in [-0.2, 0) is 0 Å². The number of benzene rings is 4. The molecule has 2 heterocycles. The summed E-state index contributed by atoms with van der Waals surface area (Å²) in [7, 11) is -1.67. The Kier molecular flexibility index (Phi) is 3.85. The average Bonchev–Trinajstić information content (AvgIpc) is 3.09. The summed E-state index contributed by atoms with van der Waals surface area (Å²) < 4.78 is 0. The molecule has 0 saturated carbocycles. The minimum Gasteiger partial charge on any atom is -0.289 e. The van der Waals surface area contributed by atoms with E-state index in [4.69, 9.17) is 0 Å². The highest BCUT2D eigenvalue weighted by molar-refractivity contribution is 6.89. The van der Waals surface area contributed by atoms with Crippen LogP contribution in [0.4, 0.5) is 0 Å². The Balaban J connectivity index is 1.46. The fourth-order valence-corrected chi connectivity index (χ4v) is 9.45. The van der Waals surface area contributed by atoms with Crippen molar-refractivity contribution in [2.45, 2.75) is 13.1 Å². The first-order valence-electron chi connectivity index (χ1n) is 10.3. The smallest absolute Gasteiger partial charge is 0.192 e. The van der Waals surface area contributed by atoms with Crippen LogP contribution in [0.5, 0.6) is 0 Å². The second-order valence-corrected chi connectivity index (χ2v) is 12.8. The van der Waals surface area contributed by atoms with Crippen LogP contribution >= 0.6 is 0 Å². The summed E-state index contributed by atoms with van der Waals surface area (Å²) >= 11 is 0. The van der Waals surface area contributed by atoms with Gasteiger partial charge in [-0.25, -0.2) is 0 Å².